The van der Waals surface area contributed by atoms with E-state index in [0.29, 0.717) is 16.6 Å². The smallest absolute Gasteiger partial charge is 0.227 e. The normalized spacial score (nSPS) is 24.4. The highest BCUT2D eigenvalue weighted by Crippen LogP contribution is 2.32. The van der Waals surface area contributed by atoms with Crippen molar-refractivity contribution in [3.8, 4) is 0 Å². The van der Waals surface area contributed by atoms with E-state index >= 15 is 0 Å². The number of hydrogen-bond acceptors (Lipinski definition) is 2. The van der Waals surface area contributed by atoms with E-state index in [2.05, 4.69) is 17.2 Å². The van der Waals surface area contributed by atoms with Crippen molar-refractivity contribution >= 4 is 23.2 Å². The standard InChI is InChI=1S/C12H15ClN2O/c1-8-3-2-4-9(8)12(16)15-11-7-14-6-5-10(11)13/h5-9H,2-4H2,1H3,(H,15,16). The Morgan fingerprint density at radius 2 is 2.38 bits per heavy atom. The van der Waals surface area contributed by atoms with Gasteiger partial charge in [0.05, 0.1) is 16.9 Å². The van der Waals surface area contributed by atoms with Gasteiger partial charge < -0.3 is 5.32 Å². The summed E-state index contributed by atoms with van der Waals surface area (Å²) in [7, 11) is 0. The van der Waals surface area contributed by atoms with Crippen molar-refractivity contribution < 1.29 is 4.79 Å². The first-order chi connectivity index (χ1) is 7.68. The lowest BCUT2D eigenvalue weighted by molar-refractivity contribution is -0.120. The van der Waals surface area contributed by atoms with Crippen LogP contribution in [0.4, 0.5) is 5.69 Å². The Hall–Kier alpha value is -1.09. The van der Waals surface area contributed by atoms with Gasteiger partial charge in [0, 0.05) is 12.1 Å². The summed E-state index contributed by atoms with van der Waals surface area (Å²) < 4.78 is 0. The zero-order chi connectivity index (χ0) is 11.5. The van der Waals surface area contributed by atoms with Crippen LogP contribution in [0.2, 0.25) is 5.02 Å². The minimum absolute atomic E-state index is 0.0694. The number of carbonyl (C=O) groups excluding carboxylic acids is 1. The molecule has 0 radical (unpaired) electrons. The molecule has 1 N–H and O–H groups in total. The van der Waals surface area contributed by atoms with E-state index in [9.17, 15) is 4.79 Å². The van der Waals surface area contributed by atoms with Gasteiger partial charge in [-0.2, -0.15) is 0 Å². The summed E-state index contributed by atoms with van der Waals surface area (Å²) in [4.78, 5) is 15.9. The lowest BCUT2D eigenvalue weighted by atomic mass is 9.97. The van der Waals surface area contributed by atoms with Gasteiger partial charge in [-0.1, -0.05) is 24.9 Å². The van der Waals surface area contributed by atoms with Crippen molar-refractivity contribution in [1.82, 2.24) is 4.98 Å². The lowest BCUT2D eigenvalue weighted by Crippen LogP contribution is -2.24. The van der Waals surface area contributed by atoms with Crippen molar-refractivity contribution in [1.29, 1.82) is 0 Å². The molecule has 1 aliphatic rings. The molecule has 0 saturated heterocycles. The second-order valence-corrected chi connectivity index (χ2v) is 4.77. The van der Waals surface area contributed by atoms with E-state index in [1.807, 2.05) is 0 Å². The number of rotatable bonds is 2. The van der Waals surface area contributed by atoms with E-state index in [0.717, 1.165) is 19.3 Å². The molecule has 1 aromatic heterocycles. The molecule has 16 heavy (non-hydrogen) atoms. The van der Waals surface area contributed by atoms with Crippen molar-refractivity contribution in [2.45, 2.75) is 26.2 Å². The minimum Gasteiger partial charge on any atom is -0.323 e. The molecule has 4 heteroatoms. The topological polar surface area (TPSA) is 42.0 Å². The zero-order valence-electron chi connectivity index (χ0n) is 9.24. The highest BCUT2D eigenvalue weighted by Gasteiger charge is 2.29. The van der Waals surface area contributed by atoms with Gasteiger partial charge >= 0.3 is 0 Å². The molecule has 2 rings (SSSR count). The molecular formula is C12H15ClN2O. The second-order valence-electron chi connectivity index (χ2n) is 4.36. The van der Waals surface area contributed by atoms with E-state index in [1.165, 1.54) is 0 Å². The quantitative estimate of drug-likeness (QED) is 0.860. The molecule has 0 bridgehead atoms. The van der Waals surface area contributed by atoms with Crippen LogP contribution in [0, 0.1) is 11.8 Å². The average Bonchev–Trinajstić information content (AvgIpc) is 2.68. The van der Waals surface area contributed by atoms with Gasteiger partial charge in [0.15, 0.2) is 0 Å². The third-order valence-electron chi connectivity index (χ3n) is 3.22. The number of nitrogens with one attached hydrogen (secondary N) is 1. The summed E-state index contributed by atoms with van der Waals surface area (Å²) in [5, 5.41) is 3.39. The number of amides is 1. The Morgan fingerprint density at radius 1 is 1.56 bits per heavy atom. The van der Waals surface area contributed by atoms with Crippen LogP contribution in [-0.2, 0) is 4.79 Å². The van der Waals surface area contributed by atoms with Crippen molar-refractivity contribution in [2.75, 3.05) is 5.32 Å². The molecule has 2 atom stereocenters. The summed E-state index contributed by atoms with van der Waals surface area (Å²) in [5.74, 6) is 0.659. The van der Waals surface area contributed by atoms with E-state index < -0.39 is 0 Å². The van der Waals surface area contributed by atoms with Crippen LogP contribution < -0.4 is 5.32 Å². The van der Waals surface area contributed by atoms with Gasteiger partial charge in [0.25, 0.3) is 0 Å². The maximum Gasteiger partial charge on any atom is 0.227 e. The SMILES string of the molecule is CC1CCCC1C(=O)Nc1cnccc1Cl. The predicted molar refractivity (Wildman–Crippen MR) is 64.4 cm³/mol. The molecule has 1 amide bonds. The third-order valence-corrected chi connectivity index (χ3v) is 3.55. The molecule has 0 spiro atoms. The molecule has 3 nitrogen and oxygen atoms in total. The Morgan fingerprint density at radius 3 is 3.00 bits per heavy atom. The van der Waals surface area contributed by atoms with Gasteiger partial charge in [-0.05, 0) is 24.8 Å². The van der Waals surface area contributed by atoms with Crippen LogP contribution in [0.25, 0.3) is 0 Å². The van der Waals surface area contributed by atoms with Crippen LogP contribution >= 0.6 is 11.6 Å². The number of hydrogen-bond donors (Lipinski definition) is 1. The summed E-state index contributed by atoms with van der Waals surface area (Å²) in [6.07, 6.45) is 6.44. The number of carbonyl (C=O) groups is 1. The van der Waals surface area contributed by atoms with E-state index in [4.69, 9.17) is 11.6 Å². The van der Waals surface area contributed by atoms with Crippen molar-refractivity contribution in [2.24, 2.45) is 11.8 Å². The van der Waals surface area contributed by atoms with E-state index in [-0.39, 0.29) is 11.8 Å². The highest BCUT2D eigenvalue weighted by molar-refractivity contribution is 6.33. The minimum atomic E-state index is 0.0694. The third kappa shape index (κ3) is 2.35. The summed E-state index contributed by atoms with van der Waals surface area (Å²) >= 11 is 5.96. The molecule has 1 saturated carbocycles. The predicted octanol–water partition coefficient (Wildman–Crippen LogP) is 3.11. The zero-order valence-corrected chi connectivity index (χ0v) is 10.00. The van der Waals surface area contributed by atoms with Gasteiger partial charge in [-0.3, -0.25) is 9.78 Å². The van der Waals surface area contributed by atoms with Gasteiger partial charge in [0.2, 0.25) is 5.91 Å². The first-order valence-corrected chi connectivity index (χ1v) is 5.96. The number of aromatic nitrogens is 1. The molecule has 2 unspecified atom stereocenters. The van der Waals surface area contributed by atoms with Crippen LogP contribution in [-0.4, -0.2) is 10.9 Å². The van der Waals surface area contributed by atoms with Crippen molar-refractivity contribution in [3.05, 3.63) is 23.5 Å². The summed E-state index contributed by atoms with van der Waals surface area (Å²) in [5.41, 5.74) is 0.605. The number of pyridine rings is 1. The summed E-state index contributed by atoms with van der Waals surface area (Å²) in [6.45, 7) is 2.13. The monoisotopic (exact) mass is 238 g/mol. The lowest BCUT2D eigenvalue weighted by Gasteiger charge is -2.15. The number of nitrogens with zero attached hydrogens (tertiary/aromatic N) is 1. The first kappa shape index (κ1) is 11.4. The molecular weight excluding hydrogens is 224 g/mol. The van der Waals surface area contributed by atoms with Crippen LogP contribution in [0.1, 0.15) is 26.2 Å². The average molecular weight is 239 g/mol. The fraction of sp³-hybridized carbons (Fsp3) is 0.500. The summed E-state index contributed by atoms with van der Waals surface area (Å²) in [6, 6.07) is 1.68. The van der Waals surface area contributed by atoms with Crippen LogP contribution in [0.5, 0.6) is 0 Å². The fourth-order valence-corrected chi connectivity index (χ4v) is 2.38. The Balaban J connectivity index is 2.05. The van der Waals surface area contributed by atoms with Crippen molar-refractivity contribution in [3.63, 3.8) is 0 Å². The van der Waals surface area contributed by atoms with Gasteiger partial charge in [-0.25, -0.2) is 0 Å². The van der Waals surface area contributed by atoms with E-state index in [1.54, 1.807) is 18.5 Å². The molecule has 1 fully saturated rings. The van der Waals surface area contributed by atoms with Crippen LogP contribution in [0.15, 0.2) is 18.5 Å². The first-order valence-electron chi connectivity index (χ1n) is 5.59. The number of halogens is 1. The second kappa shape index (κ2) is 4.83. The Kier molecular flexibility index (Phi) is 3.44. The maximum absolute atomic E-state index is 12.0. The van der Waals surface area contributed by atoms with Gasteiger partial charge in [-0.15, -0.1) is 0 Å². The number of anilines is 1. The molecule has 1 aromatic rings. The molecule has 86 valence electrons. The molecule has 1 heterocycles. The van der Waals surface area contributed by atoms with Gasteiger partial charge in [0.1, 0.15) is 0 Å². The molecule has 1 aliphatic carbocycles. The fourth-order valence-electron chi connectivity index (χ4n) is 2.23. The molecule has 0 aromatic carbocycles. The largest absolute Gasteiger partial charge is 0.323 e. The highest BCUT2D eigenvalue weighted by atomic mass is 35.5. The molecule has 0 aliphatic heterocycles. The maximum atomic E-state index is 12.0. The Labute approximate surface area is 100 Å². The van der Waals surface area contributed by atoms with Crippen LogP contribution in [0.3, 0.4) is 0 Å². The Bertz CT molecular complexity index is 394.